The second kappa shape index (κ2) is 6.18. The van der Waals surface area contributed by atoms with E-state index in [9.17, 15) is 0 Å². The number of hydrogen-bond acceptors (Lipinski definition) is 3. The minimum Gasteiger partial charge on any atom is -0.311 e. The normalized spacial score (nSPS) is 11.3. The third kappa shape index (κ3) is 3.07. The molecule has 23 heavy (non-hydrogen) atoms. The van der Waals surface area contributed by atoms with E-state index in [1.54, 1.807) is 6.20 Å². The lowest BCUT2D eigenvalue weighted by molar-refractivity contribution is 0.677. The predicted molar refractivity (Wildman–Crippen MR) is 92.3 cm³/mol. The van der Waals surface area contributed by atoms with Gasteiger partial charge in [-0.2, -0.15) is 0 Å². The molecule has 0 bridgehead atoms. The molecule has 0 saturated carbocycles. The van der Waals surface area contributed by atoms with Crippen molar-refractivity contribution in [2.75, 3.05) is 6.54 Å². The maximum absolute atomic E-state index is 4.49. The summed E-state index contributed by atoms with van der Waals surface area (Å²) in [4.78, 5) is 8.72. The van der Waals surface area contributed by atoms with Gasteiger partial charge in [-0.15, -0.1) is 0 Å². The summed E-state index contributed by atoms with van der Waals surface area (Å²) in [5.74, 6) is 0.749. The van der Waals surface area contributed by atoms with Gasteiger partial charge in [-0.3, -0.25) is 4.40 Å². The highest BCUT2D eigenvalue weighted by Crippen LogP contribution is 2.15. The molecule has 2 aromatic heterocycles. The van der Waals surface area contributed by atoms with Crippen molar-refractivity contribution in [1.82, 2.24) is 19.7 Å². The molecule has 0 spiro atoms. The van der Waals surface area contributed by atoms with Gasteiger partial charge in [0.25, 0.3) is 0 Å². The summed E-state index contributed by atoms with van der Waals surface area (Å²) in [7, 11) is 0. The van der Waals surface area contributed by atoms with Gasteiger partial charge in [-0.1, -0.05) is 42.5 Å². The Balaban J connectivity index is 1.35. The second-order valence-corrected chi connectivity index (χ2v) is 5.67. The van der Waals surface area contributed by atoms with Crippen LogP contribution >= 0.6 is 0 Å². The van der Waals surface area contributed by atoms with Crippen LogP contribution in [-0.4, -0.2) is 20.9 Å². The van der Waals surface area contributed by atoms with E-state index in [1.807, 2.05) is 22.9 Å². The minimum absolute atomic E-state index is 0.749. The van der Waals surface area contributed by atoms with Gasteiger partial charge in [0.1, 0.15) is 0 Å². The standard InChI is InChI=1S/C19H18N4/c1-2-5-17-12-15(6-7-16(17)4-1)8-10-20-13-18-14-23-11-3-9-21-19(23)22-18/h1-7,9,11-12,14,20H,8,10,13H2. The molecule has 2 heterocycles. The van der Waals surface area contributed by atoms with Crippen LogP contribution in [0, 0.1) is 0 Å². The quantitative estimate of drug-likeness (QED) is 0.576. The molecule has 1 N–H and O–H groups in total. The molecule has 4 rings (SSSR count). The van der Waals surface area contributed by atoms with E-state index in [0.717, 1.165) is 31.0 Å². The lowest BCUT2D eigenvalue weighted by Gasteiger charge is -2.05. The number of hydrogen-bond donors (Lipinski definition) is 1. The van der Waals surface area contributed by atoms with E-state index in [0.29, 0.717) is 0 Å². The van der Waals surface area contributed by atoms with Crippen LogP contribution in [0.25, 0.3) is 16.6 Å². The molecule has 0 amide bonds. The van der Waals surface area contributed by atoms with Crippen molar-refractivity contribution in [2.24, 2.45) is 0 Å². The molecule has 0 saturated heterocycles. The van der Waals surface area contributed by atoms with E-state index in [2.05, 4.69) is 57.7 Å². The first kappa shape index (κ1) is 13.9. The molecule has 0 fully saturated rings. The smallest absolute Gasteiger partial charge is 0.233 e. The number of rotatable bonds is 5. The molecule has 0 radical (unpaired) electrons. The van der Waals surface area contributed by atoms with Crippen LogP contribution in [0.4, 0.5) is 0 Å². The van der Waals surface area contributed by atoms with Crippen molar-refractivity contribution >= 4 is 16.6 Å². The van der Waals surface area contributed by atoms with Crippen LogP contribution < -0.4 is 5.32 Å². The van der Waals surface area contributed by atoms with Gasteiger partial charge < -0.3 is 5.32 Å². The lowest BCUT2D eigenvalue weighted by Crippen LogP contribution is -2.16. The Kier molecular flexibility index (Phi) is 3.74. The Labute approximate surface area is 134 Å². The van der Waals surface area contributed by atoms with Crippen LogP contribution in [-0.2, 0) is 13.0 Å². The van der Waals surface area contributed by atoms with Gasteiger partial charge in [0, 0.05) is 25.1 Å². The van der Waals surface area contributed by atoms with Crippen LogP contribution in [0.3, 0.4) is 0 Å². The Morgan fingerprint density at radius 3 is 2.83 bits per heavy atom. The molecular formula is C19H18N4. The molecule has 4 aromatic rings. The van der Waals surface area contributed by atoms with E-state index in [1.165, 1.54) is 16.3 Å². The van der Waals surface area contributed by atoms with Gasteiger partial charge in [-0.05, 0) is 35.4 Å². The zero-order valence-electron chi connectivity index (χ0n) is 12.8. The predicted octanol–water partition coefficient (Wildman–Crippen LogP) is 3.21. The molecule has 0 aliphatic heterocycles. The molecule has 4 nitrogen and oxygen atoms in total. The molecule has 0 aliphatic carbocycles. The number of nitrogens with one attached hydrogen (secondary N) is 1. The molecule has 4 heteroatoms. The maximum Gasteiger partial charge on any atom is 0.233 e. The highest BCUT2D eigenvalue weighted by atomic mass is 15.1. The number of fused-ring (bicyclic) bond motifs is 2. The highest BCUT2D eigenvalue weighted by molar-refractivity contribution is 5.82. The van der Waals surface area contributed by atoms with Crippen molar-refractivity contribution in [2.45, 2.75) is 13.0 Å². The monoisotopic (exact) mass is 302 g/mol. The maximum atomic E-state index is 4.49. The molecule has 114 valence electrons. The van der Waals surface area contributed by atoms with Crippen molar-refractivity contribution in [3.8, 4) is 0 Å². The summed E-state index contributed by atoms with van der Waals surface area (Å²) in [5, 5.41) is 6.05. The minimum atomic E-state index is 0.749. The Morgan fingerprint density at radius 2 is 1.91 bits per heavy atom. The fourth-order valence-electron chi connectivity index (χ4n) is 2.81. The third-order valence-corrected chi connectivity index (χ3v) is 4.00. The third-order valence-electron chi connectivity index (χ3n) is 4.00. The largest absolute Gasteiger partial charge is 0.311 e. The number of aromatic nitrogens is 3. The zero-order valence-corrected chi connectivity index (χ0v) is 12.8. The first-order valence-electron chi connectivity index (χ1n) is 7.85. The zero-order chi connectivity index (χ0) is 15.5. The molecule has 0 atom stereocenters. The van der Waals surface area contributed by atoms with Crippen molar-refractivity contribution in [3.05, 3.63) is 78.4 Å². The number of benzene rings is 2. The van der Waals surface area contributed by atoms with Crippen molar-refractivity contribution < 1.29 is 0 Å². The van der Waals surface area contributed by atoms with Crippen LogP contribution in [0.1, 0.15) is 11.3 Å². The van der Waals surface area contributed by atoms with Gasteiger partial charge in [-0.25, -0.2) is 9.97 Å². The molecule has 0 unspecified atom stereocenters. The molecule has 2 aromatic carbocycles. The average molecular weight is 302 g/mol. The molecule has 0 aliphatic rings. The van der Waals surface area contributed by atoms with Gasteiger partial charge in [0.15, 0.2) is 0 Å². The Bertz CT molecular complexity index is 909. The summed E-state index contributed by atoms with van der Waals surface area (Å²) in [5.41, 5.74) is 2.37. The van der Waals surface area contributed by atoms with E-state index in [-0.39, 0.29) is 0 Å². The topological polar surface area (TPSA) is 42.2 Å². The number of nitrogens with zero attached hydrogens (tertiary/aromatic N) is 3. The van der Waals surface area contributed by atoms with Crippen molar-refractivity contribution in [1.29, 1.82) is 0 Å². The van der Waals surface area contributed by atoms with E-state index < -0.39 is 0 Å². The van der Waals surface area contributed by atoms with Gasteiger partial charge >= 0.3 is 0 Å². The van der Waals surface area contributed by atoms with E-state index >= 15 is 0 Å². The summed E-state index contributed by atoms with van der Waals surface area (Å²) in [6.45, 7) is 1.69. The fourth-order valence-corrected chi connectivity index (χ4v) is 2.81. The average Bonchev–Trinajstić information content (AvgIpc) is 3.01. The highest BCUT2D eigenvalue weighted by Gasteiger charge is 2.01. The first-order chi connectivity index (χ1) is 11.4. The van der Waals surface area contributed by atoms with Crippen molar-refractivity contribution in [3.63, 3.8) is 0 Å². The molecular weight excluding hydrogens is 284 g/mol. The van der Waals surface area contributed by atoms with Gasteiger partial charge in [0.2, 0.25) is 5.78 Å². The lowest BCUT2D eigenvalue weighted by atomic mass is 10.1. The Morgan fingerprint density at radius 1 is 1.00 bits per heavy atom. The summed E-state index contributed by atoms with van der Waals surface area (Å²) >= 11 is 0. The summed E-state index contributed by atoms with van der Waals surface area (Å²) < 4.78 is 1.94. The SMILES string of the molecule is c1ccc2cc(CCNCc3cn4cccnc4n3)ccc2c1. The fraction of sp³-hybridized carbons (Fsp3) is 0.158. The number of imidazole rings is 1. The van der Waals surface area contributed by atoms with Crippen LogP contribution in [0.2, 0.25) is 0 Å². The van der Waals surface area contributed by atoms with Crippen LogP contribution in [0.5, 0.6) is 0 Å². The second-order valence-electron chi connectivity index (χ2n) is 5.67. The summed E-state index contributed by atoms with van der Waals surface area (Å²) in [6.07, 6.45) is 6.76. The summed E-state index contributed by atoms with van der Waals surface area (Å²) in [6, 6.07) is 17.1. The van der Waals surface area contributed by atoms with E-state index in [4.69, 9.17) is 0 Å². The van der Waals surface area contributed by atoms with Gasteiger partial charge in [0.05, 0.1) is 5.69 Å². The van der Waals surface area contributed by atoms with Crippen LogP contribution in [0.15, 0.2) is 67.1 Å². The first-order valence-corrected chi connectivity index (χ1v) is 7.85. The Hall–Kier alpha value is -2.72.